The number of ketones is 2. The Kier molecular flexibility index (Phi) is 135. The average molecular weight is 1370 g/mol. The van der Waals surface area contributed by atoms with Crippen molar-refractivity contribution in [3.8, 4) is 11.5 Å². The molecule has 0 heterocycles. The summed E-state index contributed by atoms with van der Waals surface area (Å²) in [5.74, 6) is 2.06. The van der Waals surface area contributed by atoms with Gasteiger partial charge in [0.15, 0.2) is 11.6 Å². The number of methoxy groups -OCH3 is 2. The molecule has 10 aromatic rings. The van der Waals surface area contributed by atoms with Crippen molar-refractivity contribution < 1.29 is 19.1 Å². The van der Waals surface area contributed by atoms with E-state index in [0.29, 0.717) is 0 Å². The summed E-state index contributed by atoms with van der Waals surface area (Å²) in [6.07, 6.45) is 0. The second kappa shape index (κ2) is 114. The Hall–Kier alpha value is -8.86. The molecule has 0 radical (unpaired) electrons. The number of ether oxygens (including phenoxy) is 2. The summed E-state index contributed by atoms with van der Waals surface area (Å²) in [5, 5.41) is 0. The highest BCUT2D eigenvalue weighted by Gasteiger charge is 1.94. The van der Waals surface area contributed by atoms with Gasteiger partial charge in [-0.1, -0.05) is 479 Å². The minimum absolute atomic E-state index is 0.121. The van der Waals surface area contributed by atoms with E-state index in [2.05, 4.69) is 114 Å². The van der Waals surface area contributed by atoms with Crippen LogP contribution in [-0.2, 0) is 0 Å². The normalized spacial score (nSPS) is 7.38. The maximum absolute atomic E-state index is 10.6. The number of hydrogen-bond acceptors (Lipinski definition) is 4. The Bertz CT molecular complexity index is 2440. The fourth-order valence-corrected chi connectivity index (χ4v) is 5.67. The quantitative estimate of drug-likeness (QED) is 0.165. The van der Waals surface area contributed by atoms with E-state index in [1.54, 1.807) is 28.1 Å². The lowest BCUT2D eigenvalue weighted by molar-refractivity contribution is 0.100. The number of carbonyl (C=O) groups is 2. The molecule has 0 saturated carbocycles. The van der Waals surface area contributed by atoms with Crippen molar-refractivity contribution in [2.24, 2.45) is 0 Å². The molecule has 0 aromatic heterocycles. The number of carbonyl (C=O) groups excluding carboxylic acids is 2. The lowest BCUT2D eigenvalue weighted by atomic mass is 10.2. The number of hydrogen-bond donors (Lipinski definition) is 0. The van der Waals surface area contributed by atoms with Gasteiger partial charge >= 0.3 is 0 Å². The molecule has 10 aromatic carbocycles. The van der Waals surface area contributed by atoms with Crippen LogP contribution in [0.15, 0.2) is 303 Å². The van der Waals surface area contributed by atoms with E-state index in [0.717, 1.165) is 22.6 Å². The van der Waals surface area contributed by atoms with Crippen LogP contribution in [0, 0.1) is 41.5 Å². The number of benzene rings is 10. The zero-order valence-corrected chi connectivity index (χ0v) is 70.5. The minimum Gasteiger partial charge on any atom is -0.497 e. The van der Waals surface area contributed by atoms with Gasteiger partial charge in [0, 0.05) is 11.1 Å². The van der Waals surface area contributed by atoms with Crippen molar-refractivity contribution in [3.05, 3.63) is 348 Å². The number of rotatable bonds is 4. The van der Waals surface area contributed by atoms with Crippen molar-refractivity contribution in [3.63, 3.8) is 0 Å². The standard InChI is InChI=1S/2C8H8O.2C7H8O.6C7H8.12C2H6/c2*1-7(9)8-5-3-2-4-6-8;2*1-8-7-5-3-2-4-6-7;6*1-7-5-3-2-4-6-7;12*1-2/h2*2-6H,1H3;2*2-6H,1H3;6*2-6H,1H3;12*1-2H3. The number of Topliss-reactive ketones (excluding diaryl/α,β-unsaturated/α-hetero) is 2. The molecule has 0 fully saturated rings. The van der Waals surface area contributed by atoms with E-state index in [4.69, 9.17) is 9.47 Å². The fraction of sp³-hybridized carbons (Fsp3) is 0.354. The van der Waals surface area contributed by atoms with E-state index in [-0.39, 0.29) is 11.6 Å². The van der Waals surface area contributed by atoms with Crippen LogP contribution in [0.2, 0.25) is 0 Å². The summed E-state index contributed by atoms with van der Waals surface area (Å²) in [6, 6.07) is 99.4. The third-order valence-electron chi connectivity index (χ3n) is 9.96. The van der Waals surface area contributed by atoms with Gasteiger partial charge in [-0.3, -0.25) is 9.59 Å². The zero-order chi connectivity index (χ0) is 79.7. The summed E-state index contributed by atoms with van der Waals surface area (Å²) in [4.78, 5) is 21.3. The molecule has 10 rings (SSSR count). The maximum Gasteiger partial charge on any atom is 0.159 e. The predicted molar refractivity (Wildman–Crippen MR) is 462 cm³/mol. The smallest absolute Gasteiger partial charge is 0.159 e. The first-order valence-electron chi connectivity index (χ1n) is 37.2. The first kappa shape index (κ1) is 118. The van der Waals surface area contributed by atoms with Crippen LogP contribution in [-0.4, -0.2) is 25.8 Å². The van der Waals surface area contributed by atoms with Gasteiger partial charge in [0.25, 0.3) is 0 Å². The van der Waals surface area contributed by atoms with Gasteiger partial charge in [-0.2, -0.15) is 0 Å². The molecule has 100 heavy (non-hydrogen) atoms. The van der Waals surface area contributed by atoms with Crippen molar-refractivity contribution in [2.75, 3.05) is 14.2 Å². The molecular weight excluding hydrogens is 1220 g/mol. The monoisotopic (exact) mass is 1370 g/mol. The summed E-state index contributed by atoms with van der Waals surface area (Å²) >= 11 is 0. The van der Waals surface area contributed by atoms with E-state index >= 15 is 0 Å². The van der Waals surface area contributed by atoms with Gasteiger partial charge in [0.2, 0.25) is 0 Å². The van der Waals surface area contributed by atoms with Gasteiger partial charge in [0.1, 0.15) is 11.5 Å². The Balaban J connectivity index is -0.0000000832. The van der Waals surface area contributed by atoms with Crippen molar-refractivity contribution in [1.82, 2.24) is 0 Å². The van der Waals surface area contributed by atoms with Crippen LogP contribution in [0.4, 0.5) is 0 Å². The van der Waals surface area contributed by atoms with Gasteiger partial charge in [-0.05, 0) is 79.7 Å². The molecule has 0 bridgehead atoms. The molecule has 0 amide bonds. The van der Waals surface area contributed by atoms with Crippen LogP contribution in [0.1, 0.15) is 234 Å². The van der Waals surface area contributed by atoms with Crippen LogP contribution in [0.5, 0.6) is 11.5 Å². The predicted octanol–water partition coefficient (Wildman–Crippen LogP) is 31.5. The van der Waals surface area contributed by atoms with Crippen LogP contribution in [0.25, 0.3) is 0 Å². The van der Waals surface area contributed by atoms with Crippen LogP contribution in [0.3, 0.4) is 0 Å². The summed E-state index contributed by atoms with van der Waals surface area (Å²) in [6.45, 7) is 63.6. The molecule has 0 N–H and O–H groups in total. The van der Waals surface area contributed by atoms with Crippen molar-refractivity contribution >= 4 is 11.6 Å². The van der Waals surface area contributed by atoms with Crippen LogP contribution >= 0.6 is 0 Å². The summed E-state index contributed by atoms with van der Waals surface area (Å²) < 4.78 is 9.83. The highest BCUT2D eigenvalue weighted by Crippen LogP contribution is 2.07. The molecule has 560 valence electrons. The third-order valence-corrected chi connectivity index (χ3v) is 9.96. The molecule has 0 aliphatic heterocycles. The summed E-state index contributed by atoms with van der Waals surface area (Å²) in [7, 11) is 3.32. The van der Waals surface area contributed by atoms with Crippen molar-refractivity contribution in [2.45, 2.75) is 222 Å². The van der Waals surface area contributed by atoms with Crippen molar-refractivity contribution in [1.29, 1.82) is 0 Å². The molecule has 0 saturated heterocycles. The molecule has 0 aliphatic carbocycles. The van der Waals surface area contributed by atoms with E-state index in [9.17, 15) is 9.59 Å². The largest absolute Gasteiger partial charge is 0.497 e. The minimum atomic E-state index is 0.121. The topological polar surface area (TPSA) is 52.6 Å². The second-order valence-corrected chi connectivity index (χ2v) is 16.8. The molecule has 0 aliphatic rings. The molecule has 4 heteroatoms. The highest BCUT2D eigenvalue weighted by molar-refractivity contribution is 5.94. The van der Waals surface area contributed by atoms with Gasteiger partial charge in [-0.25, -0.2) is 0 Å². The lowest BCUT2D eigenvalue weighted by Gasteiger charge is -1.93. The van der Waals surface area contributed by atoms with Gasteiger partial charge < -0.3 is 9.47 Å². The van der Waals surface area contributed by atoms with Crippen LogP contribution < -0.4 is 9.47 Å². The van der Waals surface area contributed by atoms with E-state index < -0.39 is 0 Å². The third kappa shape index (κ3) is 100. The molecule has 0 atom stereocenters. The SMILES string of the molecule is CC.CC.CC.CC.CC.CC.CC.CC.CC.CC.CC.CC.CC(=O)c1ccccc1.CC(=O)c1ccccc1.COc1ccccc1.COc1ccccc1.Cc1ccccc1.Cc1ccccc1.Cc1ccccc1.Cc1ccccc1.Cc1ccccc1.Cc1ccccc1. The second-order valence-electron chi connectivity index (χ2n) is 16.8. The Morgan fingerprint density at radius 2 is 0.280 bits per heavy atom. The molecule has 0 spiro atoms. The zero-order valence-electron chi connectivity index (χ0n) is 70.5. The van der Waals surface area contributed by atoms with Gasteiger partial charge in [0.05, 0.1) is 14.2 Å². The number of aryl methyl sites for hydroxylation is 6. The molecular formula is C96H152O4. The molecule has 4 nitrogen and oxygen atoms in total. The Labute approximate surface area is 622 Å². The Morgan fingerprint density at radius 3 is 0.340 bits per heavy atom. The highest BCUT2D eigenvalue weighted by atomic mass is 16.5. The lowest BCUT2D eigenvalue weighted by Crippen LogP contribution is -1.88. The average Bonchev–Trinajstić information content (AvgIpc) is 2.73. The number of para-hydroxylation sites is 2. The fourth-order valence-electron chi connectivity index (χ4n) is 5.67. The Morgan fingerprint density at radius 1 is 0.180 bits per heavy atom. The maximum atomic E-state index is 10.6. The van der Waals surface area contributed by atoms with Gasteiger partial charge in [-0.15, -0.1) is 0 Å². The summed E-state index contributed by atoms with van der Waals surface area (Å²) in [5.41, 5.74) is 9.48. The molecule has 0 unspecified atom stereocenters. The van der Waals surface area contributed by atoms with E-state index in [1.165, 1.54) is 33.4 Å². The first-order valence-corrected chi connectivity index (χ1v) is 37.2. The van der Waals surface area contributed by atoms with E-state index in [1.807, 2.05) is 397 Å². The first-order chi connectivity index (χ1) is 48.8.